The predicted molar refractivity (Wildman–Crippen MR) is 102 cm³/mol. The number of halogens is 2. The van der Waals surface area contributed by atoms with Crippen LogP contribution in [0.15, 0.2) is 60.9 Å². The number of rotatable bonds is 5. The predicted octanol–water partition coefficient (Wildman–Crippen LogP) is 4.25. The molecule has 1 aliphatic rings. The maximum atomic E-state index is 14.0. The van der Waals surface area contributed by atoms with E-state index in [1.165, 1.54) is 0 Å². The first-order valence-electron chi connectivity index (χ1n) is 9.41. The zero-order chi connectivity index (χ0) is 19.5. The van der Waals surface area contributed by atoms with E-state index in [1.54, 1.807) is 10.9 Å². The Kier molecular flexibility index (Phi) is 5.30. The molecule has 3 aromatic rings. The summed E-state index contributed by atoms with van der Waals surface area (Å²) in [5.41, 5.74) is 1.98. The summed E-state index contributed by atoms with van der Waals surface area (Å²) in [5.74, 6) is -1.86. The average Bonchev–Trinajstić information content (AvgIpc) is 3.25. The number of hydrogen-bond donors (Lipinski definition) is 0. The van der Waals surface area contributed by atoms with Gasteiger partial charge in [-0.15, -0.1) is 0 Å². The van der Waals surface area contributed by atoms with Crippen molar-refractivity contribution in [2.45, 2.75) is 19.4 Å². The van der Waals surface area contributed by atoms with Gasteiger partial charge in [-0.1, -0.05) is 12.1 Å². The number of likely N-dealkylation sites (tertiary alicyclic amines) is 1. The van der Waals surface area contributed by atoms with E-state index in [-0.39, 0.29) is 17.3 Å². The first-order valence-corrected chi connectivity index (χ1v) is 9.41. The summed E-state index contributed by atoms with van der Waals surface area (Å²) in [4.78, 5) is 14.9. The molecule has 0 spiro atoms. The minimum absolute atomic E-state index is 0.143. The van der Waals surface area contributed by atoms with Gasteiger partial charge in [0.15, 0.2) is 5.78 Å². The lowest BCUT2D eigenvalue weighted by Crippen LogP contribution is -2.38. The van der Waals surface area contributed by atoms with E-state index in [0.717, 1.165) is 49.0 Å². The molecule has 6 heteroatoms. The van der Waals surface area contributed by atoms with Gasteiger partial charge in [-0.05, 0) is 61.3 Å². The Balaban J connectivity index is 1.42. The van der Waals surface area contributed by atoms with Crippen molar-refractivity contribution in [3.05, 3.63) is 83.7 Å². The van der Waals surface area contributed by atoms with Crippen molar-refractivity contribution in [1.82, 2.24) is 14.7 Å². The molecule has 2 heterocycles. The van der Waals surface area contributed by atoms with E-state index >= 15 is 0 Å². The zero-order valence-corrected chi connectivity index (χ0v) is 15.4. The summed E-state index contributed by atoms with van der Waals surface area (Å²) >= 11 is 0. The van der Waals surface area contributed by atoms with Crippen LogP contribution in [-0.4, -0.2) is 33.6 Å². The molecule has 1 atom stereocenters. The van der Waals surface area contributed by atoms with Gasteiger partial charge in [0.2, 0.25) is 0 Å². The molecule has 1 aliphatic heterocycles. The van der Waals surface area contributed by atoms with Gasteiger partial charge in [-0.25, -0.2) is 13.5 Å². The highest BCUT2D eigenvalue weighted by Gasteiger charge is 2.28. The second-order valence-corrected chi connectivity index (χ2v) is 7.18. The van der Waals surface area contributed by atoms with Gasteiger partial charge in [0.1, 0.15) is 11.6 Å². The molecule has 28 heavy (non-hydrogen) atoms. The molecule has 0 saturated carbocycles. The highest BCUT2D eigenvalue weighted by Crippen LogP contribution is 2.24. The van der Waals surface area contributed by atoms with E-state index in [2.05, 4.69) is 22.1 Å². The normalized spacial score (nSPS) is 17.6. The van der Waals surface area contributed by atoms with Gasteiger partial charge in [-0.3, -0.25) is 9.69 Å². The Hall–Kier alpha value is -2.86. The third-order valence-electron chi connectivity index (χ3n) is 5.18. The van der Waals surface area contributed by atoms with Gasteiger partial charge in [0.25, 0.3) is 0 Å². The number of aromatic nitrogens is 2. The smallest absolute Gasteiger partial charge is 0.170 e. The van der Waals surface area contributed by atoms with Crippen LogP contribution in [-0.2, 0) is 6.54 Å². The molecular weight excluding hydrogens is 360 g/mol. The first kappa shape index (κ1) is 18.5. The standard InChI is InChI=1S/C22H21F2N3O/c23-18-6-9-21(24)20(13-18)22(28)17-3-1-11-26(15-17)14-16-4-7-19(8-5-16)27-12-2-10-25-27/h2,4-10,12-13,17H,1,3,11,14-15H2/t17-/m0/s1. The monoisotopic (exact) mass is 381 g/mol. The summed E-state index contributed by atoms with van der Waals surface area (Å²) in [6, 6.07) is 13.1. The Morgan fingerprint density at radius 3 is 2.71 bits per heavy atom. The summed E-state index contributed by atoms with van der Waals surface area (Å²) in [6.45, 7) is 2.15. The van der Waals surface area contributed by atoms with Gasteiger partial charge < -0.3 is 0 Å². The van der Waals surface area contributed by atoms with Crippen molar-refractivity contribution in [1.29, 1.82) is 0 Å². The quantitative estimate of drug-likeness (QED) is 0.621. The Labute approximate surface area is 162 Å². The Bertz CT molecular complexity index is 954. The molecule has 0 amide bonds. The van der Waals surface area contributed by atoms with Crippen LogP contribution in [0.25, 0.3) is 5.69 Å². The molecule has 0 N–H and O–H groups in total. The molecule has 144 valence electrons. The van der Waals surface area contributed by atoms with Crippen molar-refractivity contribution in [3.63, 3.8) is 0 Å². The Morgan fingerprint density at radius 2 is 1.96 bits per heavy atom. The highest BCUT2D eigenvalue weighted by molar-refractivity contribution is 5.98. The molecule has 0 bridgehead atoms. The van der Waals surface area contributed by atoms with Crippen molar-refractivity contribution in [2.24, 2.45) is 5.92 Å². The Morgan fingerprint density at radius 1 is 1.14 bits per heavy atom. The lowest BCUT2D eigenvalue weighted by Gasteiger charge is -2.32. The van der Waals surface area contributed by atoms with Crippen LogP contribution < -0.4 is 0 Å². The van der Waals surface area contributed by atoms with Crippen molar-refractivity contribution in [3.8, 4) is 5.69 Å². The molecule has 2 aromatic carbocycles. The van der Waals surface area contributed by atoms with Crippen LogP contribution in [0.4, 0.5) is 8.78 Å². The van der Waals surface area contributed by atoms with Gasteiger partial charge in [0.05, 0.1) is 11.3 Å². The summed E-state index contributed by atoms with van der Waals surface area (Å²) in [5, 5.41) is 4.21. The molecule has 0 aliphatic carbocycles. The van der Waals surface area contributed by atoms with Crippen LogP contribution in [0.1, 0.15) is 28.8 Å². The molecule has 0 unspecified atom stereocenters. The van der Waals surface area contributed by atoms with Crippen molar-refractivity contribution >= 4 is 5.78 Å². The summed E-state index contributed by atoms with van der Waals surface area (Å²) < 4.78 is 29.2. The average molecular weight is 381 g/mol. The van der Waals surface area contributed by atoms with E-state index in [0.29, 0.717) is 13.0 Å². The number of ketones is 1. The minimum Gasteiger partial charge on any atom is -0.298 e. The molecule has 1 saturated heterocycles. The number of hydrogen-bond acceptors (Lipinski definition) is 3. The third-order valence-corrected chi connectivity index (χ3v) is 5.18. The second-order valence-electron chi connectivity index (χ2n) is 7.18. The largest absolute Gasteiger partial charge is 0.298 e. The number of nitrogens with zero attached hydrogens (tertiary/aromatic N) is 3. The van der Waals surface area contributed by atoms with E-state index in [1.807, 2.05) is 24.4 Å². The SMILES string of the molecule is O=C(c1cc(F)ccc1F)[C@H]1CCCN(Cc2ccc(-n3cccn3)cc2)C1. The van der Waals surface area contributed by atoms with Crippen LogP contribution >= 0.6 is 0 Å². The topological polar surface area (TPSA) is 38.1 Å². The molecule has 1 fully saturated rings. The van der Waals surface area contributed by atoms with Crippen molar-refractivity contribution in [2.75, 3.05) is 13.1 Å². The number of carbonyl (C=O) groups is 1. The van der Waals surface area contributed by atoms with Crippen LogP contribution in [0.3, 0.4) is 0 Å². The second kappa shape index (κ2) is 8.02. The maximum Gasteiger partial charge on any atom is 0.170 e. The summed E-state index contributed by atoms with van der Waals surface area (Å²) in [7, 11) is 0. The van der Waals surface area contributed by atoms with Gasteiger partial charge in [-0.2, -0.15) is 5.10 Å². The molecular formula is C22H21F2N3O. The first-order chi connectivity index (χ1) is 13.6. The van der Waals surface area contributed by atoms with Crippen LogP contribution in [0.5, 0.6) is 0 Å². The number of piperidine rings is 1. The fourth-order valence-electron chi connectivity index (χ4n) is 3.75. The molecule has 4 rings (SSSR count). The van der Waals surface area contributed by atoms with E-state index in [4.69, 9.17) is 0 Å². The number of carbonyl (C=O) groups excluding carboxylic acids is 1. The minimum atomic E-state index is -0.655. The fourth-order valence-corrected chi connectivity index (χ4v) is 3.75. The fraction of sp³-hybridized carbons (Fsp3) is 0.273. The van der Waals surface area contributed by atoms with Gasteiger partial charge in [0, 0.05) is 31.4 Å². The molecule has 4 nitrogen and oxygen atoms in total. The number of benzene rings is 2. The van der Waals surface area contributed by atoms with E-state index < -0.39 is 11.6 Å². The highest BCUT2D eigenvalue weighted by atomic mass is 19.1. The lowest BCUT2D eigenvalue weighted by atomic mass is 9.89. The molecule has 1 aromatic heterocycles. The van der Waals surface area contributed by atoms with Crippen LogP contribution in [0.2, 0.25) is 0 Å². The lowest BCUT2D eigenvalue weighted by molar-refractivity contribution is 0.0807. The number of Topliss-reactive ketones (excluding diaryl/α,β-unsaturated/α-hetero) is 1. The third kappa shape index (κ3) is 4.02. The van der Waals surface area contributed by atoms with E-state index in [9.17, 15) is 13.6 Å². The zero-order valence-electron chi connectivity index (χ0n) is 15.4. The van der Waals surface area contributed by atoms with Gasteiger partial charge >= 0.3 is 0 Å². The van der Waals surface area contributed by atoms with Crippen molar-refractivity contribution < 1.29 is 13.6 Å². The molecule has 0 radical (unpaired) electrons. The van der Waals surface area contributed by atoms with Crippen LogP contribution in [0, 0.1) is 17.6 Å². The maximum absolute atomic E-state index is 14.0. The summed E-state index contributed by atoms with van der Waals surface area (Å²) in [6.07, 6.45) is 5.18.